The van der Waals surface area contributed by atoms with Crippen molar-refractivity contribution in [2.45, 2.75) is 19.4 Å². The molecule has 3 N–H and O–H groups in total. The van der Waals surface area contributed by atoms with Crippen LogP contribution >= 0.6 is 0 Å². The molecular formula is C15H15N3O4. The van der Waals surface area contributed by atoms with Crippen LogP contribution in [-0.4, -0.2) is 20.1 Å². The zero-order valence-electron chi connectivity index (χ0n) is 11.7. The molecule has 0 atom stereocenters. The Balaban J connectivity index is 2.33. The second-order valence-electron chi connectivity index (χ2n) is 5.38. The molecule has 1 saturated carbocycles. The maximum absolute atomic E-state index is 12.6. The maximum atomic E-state index is 12.6. The Morgan fingerprint density at radius 1 is 1.23 bits per heavy atom. The molecule has 7 nitrogen and oxygen atoms in total. The van der Waals surface area contributed by atoms with Gasteiger partial charge in [-0.3, -0.25) is 14.2 Å². The van der Waals surface area contributed by atoms with E-state index < -0.39 is 28.6 Å². The van der Waals surface area contributed by atoms with E-state index in [1.807, 2.05) is 0 Å². The van der Waals surface area contributed by atoms with Crippen molar-refractivity contribution in [3.63, 3.8) is 0 Å². The summed E-state index contributed by atoms with van der Waals surface area (Å²) >= 11 is 0. The molecule has 22 heavy (non-hydrogen) atoms. The van der Waals surface area contributed by atoms with Gasteiger partial charge in [-0.05, 0) is 30.9 Å². The highest BCUT2D eigenvalue weighted by Gasteiger charge is 2.28. The number of hydrogen-bond acceptors (Lipinski definition) is 4. The van der Waals surface area contributed by atoms with Crippen molar-refractivity contribution in [2.75, 3.05) is 0 Å². The lowest BCUT2D eigenvalue weighted by Gasteiger charge is -2.14. The average Bonchev–Trinajstić information content (AvgIpc) is 3.28. The average molecular weight is 301 g/mol. The van der Waals surface area contributed by atoms with E-state index in [1.54, 1.807) is 30.3 Å². The molecule has 0 spiro atoms. The number of amides is 1. The third-order valence-electron chi connectivity index (χ3n) is 3.72. The lowest BCUT2D eigenvalue weighted by molar-refractivity contribution is 0.0993. The number of carbonyl (C=O) groups excluding carboxylic acids is 1. The minimum absolute atomic E-state index is 0.262. The molecule has 0 bridgehead atoms. The Kier molecular flexibility index (Phi) is 3.32. The van der Waals surface area contributed by atoms with E-state index in [9.17, 15) is 19.5 Å². The molecule has 1 aromatic heterocycles. The van der Waals surface area contributed by atoms with Crippen molar-refractivity contribution < 1.29 is 9.90 Å². The Morgan fingerprint density at radius 3 is 2.41 bits per heavy atom. The highest BCUT2D eigenvalue weighted by molar-refractivity contribution is 5.94. The minimum atomic E-state index is -1.06. The summed E-state index contributed by atoms with van der Waals surface area (Å²) in [7, 11) is 0. The van der Waals surface area contributed by atoms with Crippen molar-refractivity contribution in [3.05, 3.63) is 56.7 Å². The Hall–Kier alpha value is -2.83. The summed E-state index contributed by atoms with van der Waals surface area (Å²) in [5.74, 6) is -1.44. The molecule has 0 aliphatic heterocycles. The van der Waals surface area contributed by atoms with Gasteiger partial charge in [0.1, 0.15) is 0 Å². The summed E-state index contributed by atoms with van der Waals surface area (Å²) in [6.45, 7) is 0.262. The van der Waals surface area contributed by atoms with Gasteiger partial charge in [0, 0.05) is 6.54 Å². The smallest absolute Gasteiger partial charge is 0.338 e. The van der Waals surface area contributed by atoms with Crippen molar-refractivity contribution in [3.8, 4) is 11.6 Å². The Labute approximate surface area is 125 Å². The van der Waals surface area contributed by atoms with Crippen LogP contribution in [0.5, 0.6) is 5.88 Å². The Bertz CT molecular complexity index is 848. The molecular weight excluding hydrogens is 286 g/mol. The highest BCUT2D eigenvalue weighted by Crippen LogP contribution is 2.31. The summed E-state index contributed by atoms with van der Waals surface area (Å²) in [5, 5.41) is 10.1. The molecule has 3 rings (SSSR count). The summed E-state index contributed by atoms with van der Waals surface area (Å²) in [6.07, 6.45) is 1.89. The van der Waals surface area contributed by atoms with Crippen LogP contribution in [0.2, 0.25) is 0 Å². The fraction of sp³-hybridized carbons (Fsp3) is 0.267. The predicted octanol–water partition coefficient (Wildman–Crippen LogP) is 0.214. The molecule has 1 aromatic carbocycles. The summed E-state index contributed by atoms with van der Waals surface area (Å²) in [6, 6.07) is 8.23. The van der Waals surface area contributed by atoms with Gasteiger partial charge in [0.05, 0.1) is 5.69 Å². The third kappa shape index (κ3) is 2.30. The fourth-order valence-electron chi connectivity index (χ4n) is 2.38. The van der Waals surface area contributed by atoms with Gasteiger partial charge in [0.2, 0.25) is 5.88 Å². The zero-order valence-corrected chi connectivity index (χ0v) is 11.7. The van der Waals surface area contributed by atoms with Crippen LogP contribution in [0.4, 0.5) is 0 Å². The number of aromatic nitrogens is 2. The van der Waals surface area contributed by atoms with Crippen molar-refractivity contribution in [1.29, 1.82) is 0 Å². The molecule has 0 radical (unpaired) electrons. The summed E-state index contributed by atoms with van der Waals surface area (Å²) < 4.78 is 1.91. The van der Waals surface area contributed by atoms with E-state index in [0.717, 1.165) is 22.0 Å². The van der Waals surface area contributed by atoms with Gasteiger partial charge < -0.3 is 10.8 Å². The van der Waals surface area contributed by atoms with Gasteiger partial charge in [-0.25, -0.2) is 9.36 Å². The van der Waals surface area contributed by atoms with E-state index in [-0.39, 0.29) is 12.5 Å². The first-order valence-electron chi connectivity index (χ1n) is 6.94. The van der Waals surface area contributed by atoms with Crippen LogP contribution in [0.25, 0.3) is 5.69 Å². The number of rotatable bonds is 4. The number of aromatic hydroxyl groups is 1. The van der Waals surface area contributed by atoms with Gasteiger partial charge in [0.15, 0.2) is 5.56 Å². The molecule has 1 aliphatic rings. The van der Waals surface area contributed by atoms with Crippen molar-refractivity contribution >= 4 is 5.91 Å². The molecule has 0 saturated heterocycles. The lowest BCUT2D eigenvalue weighted by atomic mass is 10.2. The first-order valence-corrected chi connectivity index (χ1v) is 6.94. The van der Waals surface area contributed by atoms with Gasteiger partial charge >= 0.3 is 5.69 Å². The normalized spacial score (nSPS) is 14.0. The van der Waals surface area contributed by atoms with E-state index in [0.29, 0.717) is 5.69 Å². The minimum Gasteiger partial charge on any atom is -0.494 e. The van der Waals surface area contributed by atoms with Crippen LogP contribution in [-0.2, 0) is 6.54 Å². The monoisotopic (exact) mass is 301 g/mol. The lowest BCUT2D eigenvalue weighted by Crippen LogP contribution is -2.43. The quantitative estimate of drug-likeness (QED) is 0.841. The van der Waals surface area contributed by atoms with Crippen molar-refractivity contribution in [2.24, 2.45) is 11.7 Å². The molecule has 1 fully saturated rings. The third-order valence-corrected chi connectivity index (χ3v) is 3.72. The van der Waals surface area contributed by atoms with Gasteiger partial charge in [-0.1, -0.05) is 18.2 Å². The number of primary amides is 1. The number of nitrogens with zero attached hydrogens (tertiary/aromatic N) is 2. The van der Waals surface area contributed by atoms with Crippen LogP contribution in [0.3, 0.4) is 0 Å². The standard InChI is InChI=1S/C15H15N3O4/c16-12(19)11-13(20)17(8-9-6-7-9)15(22)18(14(11)21)10-4-2-1-3-5-10/h1-5,9,20H,6-8H2,(H2,16,19). The summed E-state index contributed by atoms with van der Waals surface area (Å²) in [5.41, 5.74) is 3.37. The molecule has 7 heteroatoms. The largest absolute Gasteiger partial charge is 0.494 e. The number of benzene rings is 1. The van der Waals surface area contributed by atoms with E-state index >= 15 is 0 Å². The fourth-order valence-corrected chi connectivity index (χ4v) is 2.38. The van der Waals surface area contributed by atoms with E-state index in [1.165, 1.54) is 0 Å². The second kappa shape index (κ2) is 5.18. The highest BCUT2D eigenvalue weighted by atomic mass is 16.3. The van der Waals surface area contributed by atoms with Crippen molar-refractivity contribution in [1.82, 2.24) is 9.13 Å². The van der Waals surface area contributed by atoms with Crippen LogP contribution in [0.15, 0.2) is 39.9 Å². The molecule has 2 aromatic rings. The molecule has 1 heterocycles. The number of para-hydroxylation sites is 1. The first kappa shape index (κ1) is 14.1. The second-order valence-corrected chi connectivity index (χ2v) is 5.38. The molecule has 0 unspecified atom stereocenters. The molecule has 1 amide bonds. The zero-order chi connectivity index (χ0) is 15.9. The number of hydrogen-bond donors (Lipinski definition) is 2. The molecule has 114 valence electrons. The van der Waals surface area contributed by atoms with Crippen LogP contribution in [0.1, 0.15) is 23.2 Å². The molecule has 1 aliphatic carbocycles. The Morgan fingerprint density at radius 2 is 1.86 bits per heavy atom. The van der Waals surface area contributed by atoms with Gasteiger partial charge in [0.25, 0.3) is 11.5 Å². The van der Waals surface area contributed by atoms with Crippen LogP contribution < -0.4 is 17.0 Å². The van der Waals surface area contributed by atoms with E-state index in [4.69, 9.17) is 5.73 Å². The first-order chi connectivity index (χ1) is 10.5. The van der Waals surface area contributed by atoms with E-state index in [2.05, 4.69) is 0 Å². The summed E-state index contributed by atoms with van der Waals surface area (Å²) in [4.78, 5) is 36.5. The number of nitrogens with two attached hydrogens (primary N) is 1. The predicted molar refractivity (Wildman–Crippen MR) is 79.2 cm³/mol. The maximum Gasteiger partial charge on any atom is 0.338 e. The number of carbonyl (C=O) groups is 1. The van der Waals surface area contributed by atoms with Gasteiger partial charge in [-0.2, -0.15) is 0 Å². The van der Waals surface area contributed by atoms with Crippen LogP contribution in [0, 0.1) is 5.92 Å². The van der Waals surface area contributed by atoms with Gasteiger partial charge in [-0.15, -0.1) is 0 Å². The topological polar surface area (TPSA) is 107 Å². The SMILES string of the molecule is NC(=O)c1c(O)n(CC2CC2)c(=O)n(-c2ccccc2)c1=O.